The summed E-state index contributed by atoms with van der Waals surface area (Å²) in [6.07, 6.45) is 2.93. The van der Waals surface area contributed by atoms with E-state index >= 15 is 0 Å². The Balaban J connectivity index is 1.73. The molecule has 0 aliphatic heterocycles. The second-order valence-electron chi connectivity index (χ2n) is 4.39. The van der Waals surface area contributed by atoms with Gasteiger partial charge in [-0.2, -0.15) is 0 Å². The van der Waals surface area contributed by atoms with Crippen LogP contribution in [0.2, 0.25) is 0 Å². The van der Waals surface area contributed by atoms with E-state index in [-0.39, 0.29) is 6.61 Å². The number of hydrogen-bond donors (Lipinski definition) is 2. The molecule has 3 N–H and O–H groups in total. The smallest absolute Gasteiger partial charge is 0.187 e. The van der Waals surface area contributed by atoms with Gasteiger partial charge >= 0.3 is 0 Å². The first kappa shape index (κ1) is 14.6. The van der Waals surface area contributed by atoms with E-state index in [1.165, 1.54) is 11.8 Å². The van der Waals surface area contributed by atoms with E-state index in [9.17, 15) is 5.11 Å². The fourth-order valence-corrected chi connectivity index (χ4v) is 2.12. The largest absolute Gasteiger partial charge is 0.491 e. The van der Waals surface area contributed by atoms with Crippen LogP contribution in [0.1, 0.15) is 5.56 Å². The molecule has 5 nitrogen and oxygen atoms in total. The predicted octanol–water partition coefficient (Wildman–Crippen LogP) is 1.90. The van der Waals surface area contributed by atoms with Crippen LogP contribution in [0.4, 0.5) is 5.69 Å². The number of anilines is 1. The van der Waals surface area contributed by atoms with Gasteiger partial charge in [-0.3, -0.25) is 0 Å². The van der Waals surface area contributed by atoms with Crippen molar-refractivity contribution in [1.29, 1.82) is 0 Å². The standard InChI is InChI=1S/C14H17N3O2S/c1-10-6-16-14(17-7-10)20-9-12(18)8-19-13-4-2-11(15)3-5-13/h2-7,12,18H,8-9,15H2,1H3. The van der Waals surface area contributed by atoms with E-state index in [4.69, 9.17) is 10.5 Å². The molecule has 0 saturated heterocycles. The maximum atomic E-state index is 9.85. The van der Waals surface area contributed by atoms with Gasteiger partial charge in [0.1, 0.15) is 12.4 Å². The highest BCUT2D eigenvalue weighted by atomic mass is 32.2. The van der Waals surface area contributed by atoms with Crippen molar-refractivity contribution in [2.45, 2.75) is 18.2 Å². The molecule has 0 saturated carbocycles. The Kier molecular flexibility index (Phi) is 5.20. The number of rotatable bonds is 6. The van der Waals surface area contributed by atoms with Crippen LogP contribution in [0.25, 0.3) is 0 Å². The molecule has 0 spiro atoms. The summed E-state index contributed by atoms with van der Waals surface area (Å²) in [6.45, 7) is 2.16. The number of benzene rings is 1. The molecular formula is C14H17N3O2S. The molecule has 0 fully saturated rings. The van der Waals surface area contributed by atoms with Crippen molar-refractivity contribution in [3.8, 4) is 5.75 Å². The number of nitrogens with two attached hydrogens (primary N) is 1. The van der Waals surface area contributed by atoms with Gasteiger partial charge in [-0.05, 0) is 36.8 Å². The Morgan fingerprint density at radius 1 is 1.25 bits per heavy atom. The molecule has 1 aromatic heterocycles. The topological polar surface area (TPSA) is 81.3 Å². The van der Waals surface area contributed by atoms with Crippen molar-refractivity contribution in [3.05, 3.63) is 42.2 Å². The molecule has 20 heavy (non-hydrogen) atoms. The van der Waals surface area contributed by atoms with Crippen molar-refractivity contribution < 1.29 is 9.84 Å². The number of thioether (sulfide) groups is 1. The van der Waals surface area contributed by atoms with Crippen LogP contribution in [0, 0.1) is 6.92 Å². The average molecular weight is 291 g/mol. The molecule has 6 heteroatoms. The summed E-state index contributed by atoms with van der Waals surface area (Å²) in [5, 5.41) is 10.5. The molecule has 1 unspecified atom stereocenters. The summed E-state index contributed by atoms with van der Waals surface area (Å²) in [4.78, 5) is 8.33. The van der Waals surface area contributed by atoms with Gasteiger partial charge in [-0.15, -0.1) is 0 Å². The lowest BCUT2D eigenvalue weighted by molar-refractivity contribution is 0.126. The molecule has 106 valence electrons. The second-order valence-corrected chi connectivity index (χ2v) is 5.38. The van der Waals surface area contributed by atoms with Gasteiger partial charge < -0.3 is 15.6 Å². The zero-order chi connectivity index (χ0) is 14.4. The van der Waals surface area contributed by atoms with E-state index in [0.717, 1.165) is 5.56 Å². The lowest BCUT2D eigenvalue weighted by Gasteiger charge is -2.11. The molecule has 0 aliphatic carbocycles. The molecule has 1 aromatic carbocycles. The maximum Gasteiger partial charge on any atom is 0.187 e. The lowest BCUT2D eigenvalue weighted by Crippen LogP contribution is -2.20. The minimum atomic E-state index is -0.581. The first-order valence-electron chi connectivity index (χ1n) is 6.21. The fourth-order valence-electron chi connectivity index (χ4n) is 1.43. The molecule has 0 amide bonds. The number of aliphatic hydroxyl groups is 1. The molecule has 1 atom stereocenters. The van der Waals surface area contributed by atoms with E-state index in [1.54, 1.807) is 36.7 Å². The Hall–Kier alpha value is -1.79. The van der Waals surface area contributed by atoms with E-state index in [0.29, 0.717) is 22.3 Å². The number of nitrogen functional groups attached to an aromatic ring is 1. The molecule has 0 aliphatic rings. The number of aromatic nitrogens is 2. The summed E-state index contributed by atoms with van der Waals surface area (Å²) in [6, 6.07) is 7.07. The average Bonchev–Trinajstić information content (AvgIpc) is 2.46. The van der Waals surface area contributed by atoms with Gasteiger partial charge in [-0.25, -0.2) is 9.97 Å². The van der Waals surface area contributed by atoms with Crippen molar-refractivity contribution >= 4 is 17.4 Å². The minimum absolute atomic E-state index is 0.225. The predicted molar refractivity (Wildman–Crippen MR) is 79.8 cm³/mol. The molecule has 1 heterocycles. The molecular weight excluding hydrogens is 274 g/mol. The number of ether oxygens (including phenoxy) is 1. The Bertz CT molecular complexity index is 482. The zero-order valence-electron chi connectivity index (χ0n) is 11.2. The Labute approximate surface area is 122 Å². The highest BCUT2D eigenvalue weighted by Crippen LogP contribution is 2.16. The third-order valence-corrected chi connectivity index (χ3v) is 3.51. The van der Waals surface area contributed by atoms with Crippen LogP contribution >= 0.6 is 11.8 Å². The molecule has 0 radical (unpaired) electrons. The summed E-state index contributed by atoms with van der Waals surface area (Å²) in [5.74, 6) is 1.17. The molecule has 2 aromatic rings. The zero-order valence-corrected chi connectivity index (χ0v) is 12.0. The van der Waals surface area contributed by atoms with Crippen LogP contribution < -0.4 is 10.5 Å². The first-order chi connectivity index (χ1) is 9.63. The maximum absolute atomic E-state index is 9.85. The lowest BCUT2D eigenvalue weighted by atomic mass is 10.3. The number of aliphatic hydroxyl groups excluding tert-OH is 1. The minimum Gasteiger partial charge on any atom is -0.491 e. The van der Waals surface area contributed by atoms with E-state index < -0.39 is 6.10 Å². The van der Waals surface area contributed by atoms with E-state index in [1.807, 2.05) is 6.92 Å². The third kappa shape index (κ3) is 4.71. The highest BCUT2D eigenvalue weighted by Gasteiger charge is 2.07. The van der Waals surface area contributed by atoms with Gasteiger partial charge in [0.25, 0.3) is 0 Å². The van der Waals surface area contributed by atoms with E-state index in [2.05, 4.69) is 9.97 Å². The van der Waals surface area contributed by atoms with Crippen molar-refractivity contribution in [2.75, 3.05) is 18.1 Å². The molecule has 2 rings (SSSR count). The first-order valence-corrected chi connectivity index (χ1v) is 7.20. The van der Waals surface area contributed by atoms with Crippen molar-refractivity contribution in [3.63, 3.8) is 0 Å². The van der Waals surface area contributed by atoms with Gasteiger partial charge in [0.15, 0.2) is 5.16 Å². The summed E-state index contributed by atoms with van der Waals surface area (Å²) < 4.78 is 5.47. The van der Waals surface area contributed by atoms with Gasteiger partial charge in [0.2, 0.25) is 0 Å². The van der Waals surface area contributed by atoms with Crippen molar-refractivity contribution in [1.82, 2.24) is 9.97 Å². The van der Waals surface area contributed by atoms with Crippen LogP contribution in [0.3, 0.4) is 0 Å². The summed E-state index contributed by atoms with van der Waals surface area (Å²) in [7, 11) is 0. The van der Waals surface area contributed by atoms with Gasteiger partial charge in [0.05, 0.1) is 6.10 Å². The van der Waals surface area contributed by atoms with Gasteiger partial charge in [-0.1, -0.05) is 11.8 Å². The fraction of sp³-hybridized carbons (Fsp3) is 0.286. The van der Waals surface area contributed by atoms with Crippen molar-refractivity contribution in [2.24, 2.45) is 0 Å². The number of hydrogen-bond acceptors (Lipinski definition) is 6. The van der Waals surface area contributed by atoms with Crippen LogP contribution in [0.15, 0.2) is 41.8 Å². The number of nitrogens with zero attached hydrogens (tertiary/aromatic N) is 2. The highest BCUT2D eigenvalue weighted by molar-refractivity contribution is 7.99. The van der Waals surface area contributed by atoms with Crippen LogP contribution in [0.5, 0.6) is 5.75 Å². The third-order valence-electron chi connectivity index (χ3n) is 2.48. The monoisotopic (exact) mass is 291 g/mol. The van der Waals surface area contributed by atoms with Gasteiger partial charge in [0, 0.05) is 23.8 Å². The Morgan fingerprint density at radius 3 is 2.55 bits per heavy atom. The summed E-state index contributed by atoms with van der Waals surface area (Å²) >= 11 is 1.40. The Morgan fingerprint density at radius 2 is 1.90 bits per heavy atom. The number of aryl methyl sites for hydroxylation is 1. The normalized spacial score (nSPS) is 12.1. The van der Waals surface area contributed by atoms with Crippen LogP contribution in [-0.2, 0) is 0 Å². The SMILES string of the molecule is Cc1cnc(SCC(O)COc2ccc(N)cc2)nc1. The van der Waals surface area contributed by atoms with Crippen LogP contribution in [-0.4, -0.2) is 33.5 Å². The summed E-state index contributed by atoms with van der Waals surface area (Å²) in [5.41, 5.74) is 7.28. The quantitative estimate of drug-likeness (QED) is 0.480. The second kappa shape index (κ2) is 7.12. The molecule has 0 bridgehead atoms.